The molecule has 0 atom stereocenters. The first-order valence-electron chi connectivity index (χ1n) is 8.33. The van der Waals surface area contributed by atoms with Crippen LogP contribution in [0.2, 0.25) is 0 Å². The normalized spacial score (nSPS) is 15.6. The van der Waals surface area contributed by atoms with Crippen molar-refractivity contribution in [2.24, 2.45) is 0 Å². The summed E-state index contributed by atoms with van der Waals surface area (Å²) in [6, 6.07) is 14.7. The van der Waals surface area contributed by atoms with Gasteiger partial charge in [0.1, 0.15) is 0 Å². The van der Waals surface area contributed by atoms with Gasteiger partial charge in [0.05, 0.1) is 0 Å². The van der Waals surface area contributed by atoms with Crippen LogP contribution in [0.5, 0.6) is 0 Å². The molecule has 2 aromatic rings. The average Bonchev–Trinajstić information content (AvgIpc) is 2.54. The van der Waals surface area contributed by atoms with E-state index in [1.807, 2.05) is 6.07 Å². The van der Waals surface area contributed by atoms with Crippen molar-refractivity contribution in [3.05, 3.63) is 64.1 Å². The Kier molecular flexibility index (Phi) is 4.94. The van der Waals surface area contributed by atoms with Gasteiger partial charge < -0.3 is 10.3 Å². The third-order valence-electron chi connectivity index (χ3n) is 4.40. The number of anilines is 1. The molecule has 3 rings (SSSR count). The van der Waals surface area contributed by atoms with Crippen molar-refractivity contribution < 1.29 is 0 Å². The van der Waals surface area contributed by atoms with Crippen LogP contribution in [0.25, 0.3) is 0 Å². The highest BCUT2D eigenvalue weighted by molar-refractivity contribution is 5.44. The fourth-order valence-electron chi connectivity index (χ4n) is 3.23. The molecule has 3 nitrogen and oxygen atoms in total. The molecule has 0 amide bonds. The van der Waals surface area contributed by atoms with Gasteiger partial charge in [0.15, 0.2) is 0 Å². The van der Waals surface area contributed by atoms with Gasteiger partial charge in [-0.15, -0.1) is 0 Å². The molecule has 1 fully saturated rings. The average molecular weight is 296 g/mol. The van der Waals surface area contributed by atoms with Crippen LogP contribution in [-0.2, 0) is 12.8 Å². The van der Waals surface area contributed by atoms with Crippen LogP contribution in [0.3, 0.4) is 0 Å². The van der Waals surface area contributed by atoms with Crippen molar-refractivity contribution in [2.45, 2.75) is 51.0 Å². The molecule has 1 heterocycles. The minimum absolute atomic E-state index is 0.0103. The summed E-state index contributed by atoms with van der Waals surface area (Å²) in [5.74, 6) is 0. The molecule has 1 aliphatic rings. The van der Waals surface area contributed by atoms with E-state index in [4.69, 9.17) is 0 Å². The summed E-state index contributed by atoms with van der Waals surface area (Å²) in [5.41, 5.74) is 3.27. The Hall–Kier alpha value is -2.03. The Morgan fingerprint density at radius 1 is 1.00 bits per heavy atom. The van der Waals surface area contributed by atoms with Gasteiger partial charge in [-0.05, 0) is 37.3 Å². The maximum absolute atomic E-state index is 11.9. The molecule has 3 heteroatoms. The van der Waals surface area contributed by atoms with E-state index in [0.29, 0.717) is 6.04 Å². The maximum Gasteiger partial charge on any atom is 0.250 e. The smallest absolute Gasteiger partial charge is 0.250 e. The number of nitrogens with one attached hydrogen (secondary N) is 2. The summed E-state index contributed by atoms with van der Waals surface area (Å²) >= 11 is 0. The third kappa shape index (κ3) is 4.23. The number of aromatic amines is 1. The molecule has 0 radical (unpaired) electrons. The van der Waals surface area contributed by atoms with E-state index in [2.05, 4.69) is 40.6 Å². The zero-order valence-electron chi connectivity index (χ0n) is 13.0. The molecule has 1 aliphatic carbocycles. The van der Waals surface area contributed by atoms with Gasteiger partial charge in [-0.3, -0.25) is 4.79 Å². The van der Waals surface area contributed by atoms with Crippen molar-refractivity contribution >= 4 is 5.69 Å². The number of hydrogen-bond donors (Lipinski definition) is 2. The molecule has 0 spiro atoms. The number of H-pyrrole nitrogens is 1. The van der Waals surface area contributed by atoms with Crippen LogP contribution in [-0.4, -0.2) is 11.0 Å². The van der Waals surface area contributed by atoms with Gasteiger partial charge in [-0.1, -0.05) is 49.6 Å². The van der Waals surface area contributed by atoms with Crippen LogP contribution >= 0.6 is 0 Å². The molecule has 22 heavy (non-hydrogen) atoms. The summed E-state index contributed by atoms with van der Waals surface area (Å²) in [5, 5.41) is 3.54. The van der Waals surface area contributed by atoms with Crippen molar-refractivity contribution in [2.75, 3.05) is 5.32 Å². The minimum Gasteiger partial charge on any atom is -0.382 e. The van der Waals surface area contributed by atoms with Crippen molar-refractivity contribution in [1.82, 2.24) is 4.98 Å². The zero-order valence-corrected chi connectivity index (χ0v) is 13.0. The molecule has 1 aromatic carbocycles. The molecule has 116 valence electrons. The summed E-state index contributed by atoms with van der Waals surface area (Å²) < 4.78 is 0. The highest BCUT2D eigenvalue weighted by Crippen LogP contribution is 2.21. The number of benzene rings is 1. The fraction of sp³-hybridized carbons (Fsp3) is 0.421. The van der Waals surface area contributed by atoms with Gasteiger partial charge in [0, 0.05) is 23.5 Å². The molecule has 0 bridgehead atoms. The van der Waals surface area contributed by atoms with Crippen LogP contribution in [0, 0.1) is 0 Å². The standard InChI is InChI=1S/C19H24N2O/c22-19-14-18(20-16-9-5-2-6-10-16)13-17(21-19)12-11-15-7-3-1-4-8-15/h1,3-4,7-8,13-14,16H,2,5-6,9-12H2,(H2,20,21,22). The summed E-state index contributed by atoms with van der Waals surface area (Å²) in [6.07, 6.45) is 8.17. The monoisotopic (exact) mass is 296 g/mol. The molecular weight excluding hydrogens is 272 g/mol. The molecule has 2 N–H and O–H groups in total. The molecule has 0 aliphatic heterocycles. The van der Waals surface area contributed by atoms with Gasteiger partial charge in [-0.25, -0.2) is 0 Å². The second-order valence-electron chi connectivity index (χ2n) is 6.22. The Morgan fingerprint density at radius 3 is 2.55 bits per heavy atom. The van der Waals surface area contributed by atoms with Crippen LogP contribution in [0.15, 0.2) is 47.3 Å². The lowest BCUT2D eigenvalue weighted by atomic mass is 9.95. The SMILES string of the molecule is O=c1cc(NC2CCCCC2)cc(CCc2ccccc2)[nH]1. The first-order chi connectivity index (χ1) is 10.8. The minimum atomic E-state index is -0.0103. The number of rotatable bonds is 5. The van der Waals surface area contributed by atoms with E-state index >= 15 is 0 Å². The topological polar surface area (TPSA) is 44.9 Å². The number of pyridine rings is 1. The number of hydrogen-bond acceptors (Lipinski definition) is 2. The lowest BCUT2D eigenvalue weighted by Gasteiger charge is -2.24. The van der Waals surface area contributed by atoms with E-state index in [-0.39, 0.29) is 5.56 Å². The molecule has 1 saturated carbocycles. The van der Waals surface area contributed by atoms with Crippen molar-refractivity contribution in [1.29, 1.82) is 0 Å². The number of aryl methyl sites for hydroxylation is 2. The highest BCUT2D eigenvalue weighted by Gasteiger charge is 2.13. The third-order valence-corrected chi connectivity index (χ3v) is 4.40. The zero-order chi connectivity index (χ0) is 15.2. The summed E-state index contributed by atoms with van der Waals surface area (Å²) in [6.45, 7) is 0. The predicted octanol–water partition coefficient (Wildman–Crippen LogP) is 3.90. The second kappa shape index (κ2) is 7.30. The Morgan fingerprint density at radius 2 is 1.77 bits per heavy atom. The Balaban J connectivity index is 1.65. The molecule has 1 aromatic heterocycles. The largest absolute Gasteiger partial charge is 0.382 e. The summed E-state index contributed by atoms with van der Waals surface area (Å²) in [4.78, 5) is 14.8. The first kappa shape index (κ1) is 14.9. The van der Waals surface area contributed by atoms with E-state index in [9.17, 15) is 4.79 Å². The Bertz CT molecular complexity index is 642. The Labute approximate surface area is 131 Å². The van der Waals surface area contributed by atoms with Gasteiger partial charge in [-0.2, -0.15) is 0 Å². The first-order valence-corrected chi connectivity index (χ1v) is 8.33. The maximum atomic E-state index is 11.9. The quantitative estimate of drug-likeness (QED) is 0.879. The summed E-state index contributed by atoms with van der Waals surface area (Å²) in [7, 11) is 0. The van der Waals surface area contributed by atoms with Gasteiger partial charge in [0.25, 0.3) is 0 Å². The van der Waals surface area contributed by atoms with E-state index in [1.54, 1.807) is 6.07 Å². The number of aromatic nitrogens is 1. The van der Waals surface area contributed by atoms with Crippen LogP contribution in [0.1, 0.15) is 43.4 Å². The molecule has 0 saturated heterocycles. The van der Waals surface area contributed by atoms with Gasteiger partial charge in [0.2, 0.25) is 5.56 Å². The highest BCUT2D eigenvalue weighted by atomic mass is 16.1. The second-order valence-corrected chi connectivity index (χ2v) is 6.22. The van der Waals surface area contributed by atoms with E-state index in [0.717, 1.165) is 24.2 Å². The van der Waals surface area contributed by atoms with Crippen molar-refractivity contribution in [3.63, 3.8) is 0 Å². The molecule has 0 unspecified atom stereocenters. The van der Waals surface area contributed by atoms with Gasteiger partial charge >= 0.3 is 0 Å². The fourth-order valence-corrected chi connectivity index (χ4v) is 3.23. The van der Waals surface area contributed by atoms with Crippen LogP contribution < -0.4 is 10.9 Å². The predicted molar refractivity (Wildman–Crippen MR) is 91.4 cm³/mol. The lowest BCUT2D eigenvalue weighted by molar-refractivity contribution is 0.462. The van der Waals surface area contributed by atoms with E-state index in [1.165, 1.54) is 37.7 Å². The van der Waals surface area contributed by atoms with Crippen LogP contribution in [0.4, 0.5) is 5.69 Å². The molecular formula is C19H24N2O. The lowest BCUT2D eigenvalue weighted by Crippen LogP contribution is -2.23. The van der Waals surface area contributed by atoms with Crippen molar-refractivity contribution in [3.8, 4) is 0 Å². The van der Waals surface area contributed by atoms with E-state index < -0.39 is 0 Å².